The standard InChI is InChI=1S/C10H8N4O2/c15-8-6-7(2-5-11-8)9(16)14-10-12-3-1-4-13-10/h1-6H,(H,11,15)(H,12,13,14,16). The molecule has 0 aliphatic carbocycles. The van der Waals surface area contributed by atoms with E-state index in [-0.39, 0.29) is 17.1 Å². The Kier molecular flexibility index (Phi) is 2.73. The monoisotopic (exact) mass is 216 g/mol. The first kappa shape index (κ1) is 10.0. The average Bonchev–Trinajstić information content (AvgIpc) is 2.30. The van der Waals surface area contributed by atoms with Gasteiger partial charge in [0.05, 0.1) is 0 Å². The molecular formula is C10H8N4O2. The van der Waals surface area contributed by atoms with Crippen molar-refractivity contribution >= 4 is 11.9 Å². The maximum absolute atomic E-state index is 11.6. The van der Waals surface area contributed by atoms with E-state index in [1.54, 1.807) is 6.07 Å². The number of carbonyl (C=O) groups is 1. The van der Waals surface area contributed by atoms with E-state index < -0.39 is 5.91 Å². The summed E-state index contributed by atoms with van der Waals surface area (Å²) in [6.07, 6.45) is 4.43. The highest BCUT2D eigenvalue weighted by Crippen LogP contribution is 1.99. The molecule has 6 nitrogen and oxygen atoms in total. The van der Waals surface area contributed by atoms with Gasteiger partial charge in [0.1, 0.15) is 0 Å². The quantitative estimate of drug-likeness (QED) is 0.761. The molecule has 0 bridgehead atoms. The summed E-state index contributed by atoms with van der Waals surface area (Å²) >= 11 is 0. The molecule has 0 atom stereocenters. The predicted octanol–water partition coefficient (Wildman–Crippen LogP) is 0.417. The van der Waals surface area contributed by atoms with Crippen molar-refractivity contribution < 1.29 is 4.79 Å². The lowest BCUT2D eigenvalue weighted by Gasteiger charge is -2.01. The van der Waals surface area contributed by atoms with E-state index in [0.717, 1.165) is 0 Å². The van der Waals surface area contributed by atoms with Crippen LogP contribution in [0.2, 0.25) is 0 Å². The van der Waals surface area contributed by atoms with Gasteiger partial charge in [0.25, 0.3) is 5.91 Å². The van der Waals surface area contributed by atoms with Crippen molar-refractivity contribution in [1.82, 2.24) is 15.0 Å². The van der Waals surface area contributed by atoms with Gasteiger partial charge >= 0.3 is 0 Å². The van der Waals surface area contributed by atoms with Crippen molar-refractivity contribution in [3.63, 3.8) is 0 Å². The van der Waals surface area contributed by atoms with E-state index >= 15 is 0 Å². The van der Waals surface area contributed by atoms with E-state index in [2.05, 4.69) is 20.3 Å². The number of H-pyrrole nitrogens is 1. The highest BCUT2D eigenvalue weighted by Gasteiger charge is 2.06. The van der Waals surface area contributed by atoms with Crippen LogP contribution >= 0.6 is 0 Å². The zero-order chi connectivity index (χ0) is 11.4. The van der Waals surface area contributed by atoms with Gasteiger partial charge < -0.3 is 4.98 Å². The highest BCUT2D eigenvalue weighted by atomic mass is 16.2. The molecule has 80 valence electrons. The molecule has 0 fully saturated rings. The molecular weight excluding hydrogens is 208 g/mol. The largest absolute Gasteiger partial charge is 0.329 e. The van der Waals surface area contributed by atoms with E-state index in [9.17, 15) is 9.59 Å². The van der Waals surface area contributed by atoms with Crippen molar-refractivity contribution in [3.05, 3.63) is 52.7 Å². The smallest absolute Gasteiger partial charge is 0.258 e. The van der Waals surface area contributed by atoms with Crippen LogP contribution in [0.4, 0.5) is 5.95 Å². The number of aromatic amines is 1. The maximum atomic E-state index is 11.6. The lowest BCUT2D eigenvalue weighted by atomic mass is 10.2. The second-order valence-corrected chi connectivity index (χ2v) is 2.97. The molecule has 0 saturated carbocycles. The molecule has 0 saturated heterocycles. The molecule has 2 aromatic rings. The molecule has 6 heteroatoms. The topological polar surface area (TPSA) is 87.7 Å². The van der Waals surface area contributed by atoms with Crippen molar-refractivity contribution in [3.8, 4) is 0 Å². The second-order valence-electron chi connectivity index (χ2n) is 2.97. The molecule has 2 rings (SSSR count). The van der Waals surface area contributed by atoms with Gasteiger partial charge in [0.15, 0.2) is 0 Å². The number of hydrogen-bond acceptors (Lipinski definition) is 4. The van der Waals surface area contributed by atoms with E-state index in [0.29, 0.717) is 0 Å². The highest BCUT2D eigenvalue weighted by molar-refractivity contribution is 6.03. The maximum Gasteiger partial charge on any atom is 0.258 e. The molecule has 0 aromatic carbocycles. The Labute approximate surface area is 90.4 Å². The third-order valence-electron chi connectivity index (χ3n) is 1.83. The summed E-state index contributed by atoms with van der Waals surface area (Å²) in [5.41, 5.74) is -0.0715. The fourth-order valence-electron chi connectivity index (χ4n) is 1.12. The Morgan fingerprint density at radius 3 is 2.75 bits per heavy atom. The number of nitrogens with zero attached hydrogens (tertiary/aromatic N) is 2. The third-order valence-corrected chi connectivity index (χ3v) is 1.83. The van der Waals surface area contributed by atoms with Crippen LogP contribution < -0.4 is 10.9 Å². The van der Waals surface area contributed by atoms with Crippen LogP contribution in [-0.4, -0.2) is 20.9 Å². The molecule has 2 N–H and O–H groups in total. The van der Waals surface area contributed by atoms with Crippen LogP contribution in [0.15, 0.2) is 41.6 Å². The average molecular weight is 216 g/mol. The summed E-state index contributed by atoms with van der Waals surface area (Å²) in [5, 5.41) is 2.47. The van der Waals surface area contributed by atoms with E-state index in [4.69, 9.17) is 0 Å². The van der Waals surface area contributed by atoms with Gasteiger partial charge in [-0.05, 0) is 12.1 Å². The number of nitrogens with one attached hydrogen (secondary N) is 2. The summed E-state index contributed by atoms with van der Waals surface area (Å²) in [4.78, 5) is 32.7. The van der Waals surface area contributed by atoms with Crippen molar-refractivity contribution in [2.24, 2.45) is 0 Å². The van der Waals surface area contributed by atoms with Gasteiger partial charge in [-0.1, -0.05) is 0 Å². The van der Waals surface area contributed by atoms with Gasteiger partial charge in [-0.2, -0.15) is 0 Å². The molecule has 0 aliphatic heterocycles. The second kappa shape index (κ2) is 4.35. The number of amides is 1. The van der Waals surface area contributed by atoms with Crippen LogP contribution in [-0.2, 0) is 0 Å². The zero-order valence-electron chi connectivity index (χ0n) is 8.18. The first-order valence-electron chi connectivity index (χ1n) is 4.53. The lowest BCUT2D eigenvalue weighted by molar-refractivity contribution is 0.102. The van der Waals surface area contributed by atoms with Crippen molar-refractivity contribution in [2.75, 3.05) is 5.32 Å². The van der Waals surface area contributed by atoms with Crippen LogP contribution in [0.1, 0.15) is 10.4 Å². The molecule has 2 aromatic heterocycles. The zero-order valence-corrected chi connectivity index (χ0v) is 8.18. The normalized spacial score (nSPS) is 9.75. The molecule has 0 unspecified atom stereocenters. The summed E-state index contributed by atoms with van der Waals surface area (Å²) in [6, 6.07) is 4.35. The van der Waals surface area contributed by atoms with Gasteiger partial charge in [0, 0.05) is 30.2 Å². The van der Waals surface area contributed by atoms with Gasteiger partial charge in [-0.15, -0.1) is 0 Å². The number of pyridine rings is 1. The summed E-state index contributed by atoms with van der Waals surface area (Å²) in [6.45, 7) is 0. The summed E-state index contributed by atoms with van der Waals surface area (Å²) in [7, 11) is 0. The molecule has 0 aliphatic rings. The predicted molar refractivity (Wildman–Crippen MR) is 57.0 cm³/mol. The van der Waals surface area contributed by atoms with Crippen LogP contribution in [0, 0.1) is 0 Å². The molecule has 0 spiro atoms. The number of anilines is 1. The van der Waals surface area contributed by atoms with E-state index in [1.807, 2.05) is 0 Å². The number of aromatic nitrogens is 3. The van der Waals surface area contributed by atoms with Gasteiger partial charge in [-0.3, -0.25) is 14.9 Å². The molecule has 16 heavy (non-hydrogen) atoms. The van der Waals surface area contributed by atoms with Gasteiger partial charge in [-0.25, -0.2) is 9.97 Å². The lowest BCUT2D eigenvalue weighted by Crippen LogP contribution is -2.16. The number of carbonyl (C=O) groups excluding carboxylic acids is 1. The molecule has 1 amide bonds. The Morgan fingerprint density at radius 1 is 1.31 bits per heavy atom. The van der Waals surface area contributed by atoms with Crippen molar-refractivity contribution in [2.45, 2.75) is 0 Å². The third kappa shape index (κ3) is 2.30. The Hall–Kier alpha value is -2.50. The molecule has 0 radical (unpaired) electrons. The Bertz CT molecular complexity index is 550. The Morgan fingerprint density at radius 2 is 2.06 bits per heavy atom. The first-order chi connectivity index (χ1) is 7.75. The molecule has 2 heterocycles. The van der Waals surface area contributed by atoms with Crippen LogP contribution in [0.5, 0.6) is 0 Å². The summed E-state index contributed by atoms with van der Waals surface area (Å²) < 4.78 is 0. The van der Waals surface area contributed by atoms with Crippen molar-refractivity contribution in [1.29, 1.82) is 0 Å². The SMILES string of the molecule is O=C(Nc1ncccn1)c1cc[nH]c(=O)c1. The minimum absolute atomic E-state index is 0.202. The fraction of sp³-hybridized carbons (Fsp3) is 0. The summed E-state index contributed by atoms with van der Waals surface area (Å²) in [5.74, 6) is -0.218. The number of rotatable bonds is 2. The minimum atomic E-state index is -0.419. The number of hydrogen-bond donors (Lipinski definition) is 2. The van der Waals surface area contributed by atoms with E-state index in [1.165, 1.54) is 30.7 Å². The minimum Gasteiger partial charge on any atom is -0.329 e. The fourth-order valence-corrected chi connectivity index (χ4v) is 1.12. The van der Waals surface area contributed by atoms with Gasteiger partial charge in [0.2, 0.25) is 11.5 Å². The van der Waals surface area contributed by atoms with Crippen LogP contribution in [0.3, 0.4) is 0 Å². The Balaban J connectivity index is 2.18. The first-order valence-corrected chi connectivity index (χ1v) is 4.53. The van der Waals surface area contributed by atoms with Crippen LogP contribution in [0.25, 0.3) is 0 Å².